The van der Waals surface area contributed by atoms with Gasteiger partial charge in [-0.15, -0.1) is 0 Å². The molecule has 0 amide bonds. The van der Waals surface area contributed by atoms with Crippen LogP contribution < -0.4 is 0 Å². The Kier molecular flexibility index (Phi) is 3.25. The van der Waals surface area contributed by atoms with E-state index in [4.69, 9.17) is 16.1 Å². The number of aryl methyl sites for hydroxylation is 2. The van der Waals surface area contributed by atoms with Crippen LogP contribution in [-0.2, 0) is 13.5 Å². The van der Waals surface area contributed by atoms with Crippen LogP contribution in [0, 0.1) is 6.92 Å². The standard InChI is InChI=1S/C14H13ClN4O2/c1-4-8-7(2)21-18-12(8)10-9(5-20)19(3)14-11(10)13(15)16-6-17-14/h5-6H,4H2,1-3H3. The summed E-state index contributed by atoms with van der Waals surface area (Å²) in [6.45, 7) is 3.85. The van der Waals surface area contributed by atoms with E-state index in [-0.39, 0.29) is 0 Å². The molecule has 0 saturated carbocycles. The van der Waals surface area contributed by atoms with E-state index in [1.807, 2.05) is 13.8 Å². The van der Waals surface area contributed by atoms with Crippen molar-refractivity contribution >= 4 is 28.9 Å². The number of carbonyl (C=O) groups is 1. The van der Waals surface area contributed by atoms with Gasteiger partial charge in [0.25, 0.3) is 0 Å². The molecule has 3 aromatic heterocycles. The SMILES string of the molecule is CCc1c(-c2c(C=O)n(C)c3ncnc(Cl)c23)noc1C. The summed E-state index contributed by atoms with van der Waals surface area (Å²) in [4.78, 5) is 19.8. The Balaban J connectivity index is 2.49. The van der Waals surface area contributed by atoms with Crippen molar-refractivity contribution in [2.45, 2.75) is 20.3 Å². The molecule has 0 unspecified atom stereocenters. The first-order valence-electron chi connectivity index (χ1n) is 6.49. The average Bonchev–Trinajstić information content (AvgIpc) is 2.97. The molecule has 0 fully saturated rings. The number of aromatic nitrogens is 4. The number of hydrogen-bond acceptors (Lipinski definition) is 5. The Morgan fingerprint density at radius 3 is 2.86 bits per heavy atom. The average molecular weight is 305 g/mol. The lowest BCUT2D eigenvalue weighted by Gasteiger charge is -2.00. The minimum Gasteiger partial charge on any atom is -0.361 e. The van der Waals surface area contributed by atoms with E-state index in [0.717, 1.165) is 24.0 Å². The molecule has 0 saturated heterocycles. The van der Waals surface area contributed by atoms with Gasteiger partial charge in [-0.1, -0.05) is 23.7 Å². The van der Waals surface area contributed by atoms with Gasteiger partial charge in [0.05, 0.1) is 11.1 Å². The van der Waals surface area contributed by atoms with E-state index in [0.29, 0.717) is 33.1 Å². The Morgan fingerprint density at radius 1 is 1.43 bits per heavy atom. The summed E-state index contributed by atoms with van der Waals surface area (Å²) in [7, 11) is 1.76. The van der Waals surface area contributed by atoms with Crippen LogP contribution in [0.15, 0.2) is 10.9 Å². The normalized spacial score (nSPS) is 11.2. The molecule has 3 heterocycles. The fourth-order valence-corrected chi connectivity index (χ4v) is 2.84. The molecular formula is C14H13ClN4O2. The molecule has 21 heavy (non-hydrogen) atoms. The van der Waals surface area contributed by atoms with Crippen LogP contribution >= 0.6 is 11.6 Å². The van der Waals surface area contributed by atoms with E-state index in [1.54, 1.807) is 11.6 Å². The maximum Gasteiger partial charge on any atom is 0.167 e. The van der Waals surface area contributed by atoms with Gasteiger partial charge in [0.1, 0.15) is 28.6 Å². The predicted octanol–water partition coefficient (Wildman–Crippen LogP) is 2.96. The molecule has 3 aromatic rings. The Labute approximate surface area is 125 Å². The smallest absolute Gasteiger partial charge is 0.167 e. The zero-order valence-corrected chi connectivity index (χ0v) is 12.6. The number of carbonyl (C=O) groups excluding carboxylic acids is 1. The van der Waals surface area contributed by atoms with Gasteiger partial charge in [-0.05, 0) is 13.3 Å². The van der Waals surface area contributed by atoms with Gasteiger partial charge < -0.3 is 9.09 Å². The highest BCUT2D eigenvalue weighted by molar-refractivity contribution is 6.35. The van der Waals surface area contributed by atoms with E-state index in [2.05, 4.69) is 15.1 Å². The Morgan fingerprint density at radius 2 is 2.19 bits per heavy atom. The zero-order chi connectivity index (χ0) is 15.1. The maximum atomic E-state index is 11.5. The molecule has 7 heteroatoms. The van der Waals surface area contributed by atoms with Gasteiger partial charge in [0, 0.05) is 18.2 Å². The van der Waals surface area contributed by atoms with E-state index < -0.39 is 0 Å². The van der Waals surface area contributed by atoms with E-state index in [9.17, 15) is 4.79 Å². The molecule has 0 atom stereocenters. The largest absolute Gasteiger partial charge is 0.361 e. The number of hydrogen-bond donors (Lipinski definition) is 0. The topological polar surface area (TPSA) is 73.8 Å². The third-order valence-corrected chi connectivity index (χ3v) is 3.94. The zero-order valence-electron chi connectivity index (χ0n) is 11.8. The maximum absolute atomic E-state index is 11.5. The first-order chi connectivity index (χ1) is 10.1. The van der Waals surface area contributed by atoms with Crippen molar-refractivity contribution in [2.75, 3.05) is 0 Å². The van der Waals surface area contributed by atoms with Crippen LogP contribution in [0.1, 0.15) is 28.7 Å². The number of aldehydes is 1. The third-order valence-electron chi connectivity index (χ3n) is 3.65. The van der Waals surface area contributed by atoms with E-state index >= 15 is 0 Å². The summed E-state index contributed by atoms with van der Waals surface area (Å²) in [5.41, 5.74) is 3.25. The minimum atomic E-state index is 0.293. The van der Waals surface area contributed by atoms with Gasteiger partial charge in [-0.2, -0.15) is 0 Å². The van der Waals surface area contributed by atoms with Crippen LogP contribution in [0.3, 0.4) is 0 Å². The lowest BCUT2D eigenvalue weighted by Crippen LogP contribution is -1.97. The fourth-order valence-electron chi connectivity index (χ4n) is 2.62. The molecule has 0 spiro atoms. The quantitative estimate of drug-likeness (QED) is 0.549. The molecule has 0 aliphatic heterocycles. The van der Waals surface area contributed by atoms with Crippen molar-refractivity contribution in [3.8, 4) is 11.3 Å². The summed E-state index contributed by atoms with van der Waals surface area (Å²) in [5, 5.41) is 5.02. The van der Waals surface area contributed by atoms with Gasteiger partial charge in [-0.3, -0.25) is 4.79 Å². The molecule has 3 rings (SSSR count). The van der Waals surface area contributed by atoms with Gasteiger partial charge >= 0.3 is 0 Å². The molecule has 0 N–H and O–H groups in total. The first kappa shape index (κ1) is 13.8. The predicted molar refractivity (Wildman–Crippen MR) is 78.5 cm³/mol. The van der Waals surface area contributed by atoms with Crippen molar-refractivity contribution in [3.63, 3.8) is 0 Å². The van der Waals surface area contributed by atoms with Crippen LogP contribution in [0.25, 0.3) is 22.3 Å². The number of nitrogens with zero attached hydrogens (tertiary/aromatic N) is 4. The minimum absolute atomic E-state index is 0.293. The number of fused-ring (bicyclic) bond motifs is 1. The third kappa shape index (κ3) is 1.86. The van der Waals surface area contributed by atoms with Gasteiger partial charge in [-0.25, -0.2) is 9.97 Å². The molecule has 0 radical (unpaired) electrons. The van der Waals surface area contributed by atoms with Crippen LogP contribution in [0.2, 0.25) is 5.15 Å². The second-order valence-electron chi connectivity index (χ2n) is 4.72. The molecule has 0 aliphatic rings. The molecule has 0 bridgehead atoms. The summed E-state index contributed by atoms with van der Waals surface area (Å²) in [5.74, 6) is 0.731. The van der Waals surface area contributed by atoms with E-state index in [1.165, 1.54) is 6.33 Å². The van der Waals surface area contributed by atoms with Crippen LogP contribution in [0.4, 0.5) is 0 Å². The number of halogens is 1. The number of rotatable bonds is 3. The lowest BCUT2D eigenvalue weighted by atomic mass is 10.0. The van der Waals surface area contributed by atoms with Crippen LogP contribution in [0.5, 0.6) is 0 Å². The van der Waals surface area contributed by atoms with Crippen molar-refractivity contribution in [2.24, 2.45) is 7.05 Å². The molecule has 0 aliphatic carbocycles. The Bertz CT molecular complexity index is 850. The summed E-state index contributed by atoms with van der Waals surface area (Å²) in [6.07, 6.45) is 2.89. The van der Waals surface area contributed by atoms with Gasteiger partial charge in [0.15, 0.2) is 6.29 Å². The second-order valence-corrected chi connectivity index (χ2v) is 5.08. The van der Waals surface area contributed by atoms with Crippen molar-refractivity contribution < 1.29 is 9.32 Å². The summed E-state index contributed by atoms with van der Waals surface area (Å²) >= 11 is 6.22. The lowest BCUT2D eigenvalue weighted by molar-refractivity contribution is 0.111. The monoisotopic (exact) mass is 304 g/mol. The molecule has 108 valence electrons. The highest BCUT2D eigenvalue weighted by atomic mass is 35.5. The summed E-state index contributed by atoms with van der Waals surface area (Å²) in [6, 6.07) is 0. The van der Waals surface area contributed by atoms with Crippen molar-refractivity contribution in [3.05, 3.63) is 28.5 Å². The first-order valence-corrected chi connectivity index (χ1v) is 6.87. The molecule has 6 nitrogen and oxygen atoms in total. The highest BCUT2D eigenvalue weighted by Gasteiger charge is 2.25. The Hall–Kier alpha value is -2.21. The molecule has 0 aromatic carbocycles. The summed E-state index contributed by atoms with van der Waals surface area (Å²) < 4.78 is 6.97. The fraction of sp³-hybridized carbons (Fsp3) is 0.286. The van der Waals surface area contributed by atoms with Crippen molar-refractivity contribution in [1.82, 2.24) is 19.7 Å². The van der Waals surface area contributed by atoms with Crippen molar-refractivity contribution in [1.29, 1.82) is 0 Å². The highest BCUT2D eigenvalue weighted by Crippen LogP contribution is 2.37. The van der Waals surface area contributed by atoms with Gasteiger partial charge in [0.2, 0.25) is 0 Å². The second kappa shape index (κ2) is 4.96. The van der Waals surface area contributed by atoms with Crippen LogP contribution in [-0.4, -0.2) is 26.0 Å². The molecular weight excluding hydrogens is 292 g/mol.